The third-order valence-corrected chi connectivity index (χ3v) is 6.63. The Morgan fingerprint density at radius 1 is 1.13 bits per heavy atom. The molecule has 2 aromatic rings. The lowest BCUT2D eigenvalue weighted by atomic mass is 10.0. The van der Waals surface area contributed by atoms with Gasteiger partial charge in [-0.3, -0.25) is 14.4 Å². The van der Waals surface area contributed by atoms with Gasteiger partial charge in [0.25, 0.3) is 5.91 Å². The van der Waals surface area contributed by atoms with E-state index in [2.05, 4.69) is 57.9 Å². The van der Waals surface area contributed by atoms with Crippen molar-refractivity contribution in [1.29, 1.82) is 0 Å². The van der Waals surface area contributed by atoms with E-state index in [1.165, 1.54) is 17.7 Å². The highest BCUT2D eigenvalue weighted by molar-refractivity contribution is 5.92. The second kappa shape index (κ2) is 9.21. The maximum Gasteiger partial charge on any atom is 0.272 e. The topological polar surface area (TPSA) is 44.6 Å². The van der Waals surface area contributed by atoms with E-state index in [-0.39, 0.29) is 5.91 Å². The van der Waals surface area contributed by atoms with Crippen molar-refractivity contribution in [2.75, 3.05) is 44.2 Å². The number of anilines is 1. The van der Waals surface area contributed by atoms with Crippen molar-refractivity contribution in [3.05, 3.63) is 47.3 Å². The summed E-state index contributed by atoms with van der Waals surface area (Å²) in [7, 11) is 1.89. The molecule has 1 amide bonds. The smallest absolute Gasteiger partial charge is 0.272 e. The van der Waals surface area contributed by atoms with Crippen LogP contribution in [-0.2, 0) is 13.5 Å². The van der Waals surface area contributed by atoms with Crippen molar-refractivity contribution in [1.82, 2.24) is 19.6 Å². The van der Waals surface area contributed by atoms with Crippen LogP contribution < -0.4 is 4.90 Å². The van der Waals surface area contributed by atoms with E-state index in [9.17, 15) is 4.79 Å². The van der Waals surface area contributed by atoms with Crippen LogP contribution in [0.5, 0.6) is 0 Å². The minimum atomic E-state index is 0.135. The van der Waals surface area contributed by atoms with Gasteiger partial charge in [0.1, 0.15) is 5.69 Å². The fourth-order valence-electron chi connectivity index (χ4n) is 4.95. The van der Waals surface area contributed by atoms with Crippen molar-refractivity contribution in [2.45, 2.75) is 45.6 Å². The lowest BCUT2D eigenvalue weighted by Gasteiger charge is -2.44. The van der Waals surface area contributed by atoms with Crippen LogP contribution in [0.3, 0.4) is 0 Å². The summed E-state index contributed by atoms with van der Waals surface area (Å²) >= 11 is 0. The summed E-state index contributed by atoms with van der Waals surface area (Å²) in [4.78, 5) is 20.3. The molecular weight excluding hydrogens is 374 g/mol. The van der Waals surface area contributed by atoms with Crippen LogP contribution in [-0.4, -0.2) is 70.8 Å². The van der Waals surface area contributed by atoms with Gasteiger partial charge < -0.3 is 9.80 Å². The molecule has 1 aromatic carbocycles. The number of carbonyl (C=O) groups is 1. The minimum Gasteiger partial charge on any atom is -0.369 e. The molecule has 1 atom stereocenters. The van der Waals surface area contributed by atoms with Crippen molar-refractivity contribution in [3.8, 4) is 0 Å². The first-order valence-electron chi connectivity index (χ1n) is 11.4. The van der Waals surface area contributed by atoms with E-state index in [4.69, 9.17) is 0 Å². The number of hydrogen-bond acceptors (Lipinski definition) is 4. The number of nitrogens with zero attached hydrogens (tertiary/aromatic N) is 5. The van der Waals surface area contributed by atoms with Crippen LogP contribution in [0.25, 0.3) is 0 Å². The van der Waals surface area contributed by atoms with Crippen molar-refractivity contribution >= 4 is 11.6 Å². The van der Waals surface area contributed by atoms with E-state index in [1.54, 1.807) is 4.68 Å². The second-order valence-corrected chi connectivity index (χ2v) is 8.75. The van der Waals surface area contributed by atoms with Gasteiger partial charge in [0.15, 0.2) is 0 Å². The van der Waals surface area contributed by atoms with Crippen molar-refractivity contribution in [3.63, 3.8) is 0 Å². The van der Waals surface area contributed by atoms with Crippen molar-refractivity contribution < 1.29 is 4.79 Å². The summed E-state index contributed by atoms with van der Waals surface area (Å²) in [6.45, 7) is 10.3. The first-order valence-corrected chi connectivity index (χ1v) is 11.4. The predicted molar refractivity (Wildman–Crippen MR) is 121 cm³/mol. The maximum absolute atomic E-state index is 13.2. The van der Waals surface area contributed by atoms with Gasteiger partial charge in [0.05, 0.1) is 5.69 Å². The van der Waals surface area contributed by atoms with Gasteiger partial charge in [-0.05, 0) is 43.9 Å². The van der Waals surface area contributed by atoms with Gasteiger partial charge in [-0.15, -0.1) is 0 Å². The molecular formula is C24H35N5O. The zero-order valence-electron chi connectivity index (χ0n) is 18.7. The highest BCUT2D eigenvalue weighted by atomic mass is 16.2. The summed E-state index contributed by atoms with van der Waals surface area (Å²) in [5.41, 5.74) is 4.45. The highest BCUT2D eigenvalue weighted by Gasteiger charge is 2.31. The summed E-state index contributed by atoms with van der Waals surface area (Å²) < 4.78 is 1.76. The molecule has 0 bridgehead atoms. The van der Waals surface area contributed by atoms with Gasteiger partial charge in [-0.2, -0.15) is 5.10 Å². The van der Waals surface area contributed by atoms with Crippen LogP contribution in [0, 0.1) is 6.92 Å². The zero-order valence-corrected chi connectivity index (χ0v) is 18.7. The molecule has 0 spiro atoms. The standard InChI is InChI=1S/C24H35N5O/c1-4-8-20-17-23(26(3)25-20)24(30)29-12-7-10-21(18-29)27-13-15-28(16-14-27)22-11-6-5-9-19(22)2/h5-6,9,11,17,21H,4,7-8,10,12-16,18H2,1-3H3/t21-/m0/s1. The van der Waals surface area contributed by atoms with E-state index in [1.807, 2.05) is 13.1 Å². The Balaban J connectivity index is 1.36. The molecule has 6 nitrogen and oxygen atoms in total. The lowest BCUT2D eigenvalue weighted by molar-refractivity contribution is 0.0553. The molecule has 6 heteroatoms. The van der Waals surface area contributed by atoms with Crippen LogP contribution in [0.1, 0.15) is 47.9 Å². The summed E-state index contributed by atoms with van der Waals surface area (Å²) in [6, 6.07) is 11.1. The molecule has 0 aliphatic carbocycles. The molecule has 2 aliphatic heterocycles. The minimum absolute atomic E-state index is 0.135. The molecule has 2 aliphatic rings. The van der Waals surface area contributed by atoms with Gasteiger partial charge in [0, 0.05) is 58.0 Å². The number of piperidine rings is 1. The quantitative estimate of drug-likeness (QED) is 0.761. The Labute approximate surface area is 180 Å². The van der Waals surface area contributed by atoms with E-state index in [0.717, 1.165) is 69.9 Å². The summed E-state index contributed by atoms with van der Waals surface area (Å²) in [5, 5.41) is 4.52. The average Bonchev–Trinajstić information content (AvgIpc) is 3.14. The van der Waals surface area contributed by atoms with Crippen LogP contribution in [0.4, 0.5) is 5.69 Å². The van der Waals surface area contributed by atoms with Gasteiger partial charge >= 0.3 is 0 Å². The SMILES string of the molecule is CCCc1cc(C(=O)N2CCC[C@H](N3CCN(c4ccccc4C)CC3)C2)n(C)n1. The van der Waals surface area contributed by atoms with Crippen LogP contribution >= 0.6 is 0 Å². The van der Waals surface area contributed by atoms with E-state index in [0.29, 0.717) is 6.04 Å². The predicted octanol–water partition coefficient (Wildman–Crippen LogP) is 3.11. The Morgan fingerprint density at radius 2 is 1.90 bits per heavy atom. The molecule has 0 saturated carbocycles. The number of para-hydroxylation sites is 1. The Morgan fingerprint density at radius 3 is 2.63 bits per heavy atom. The number of rotatable bonds is 5. The summed E-state index contributed by atoms with van der Waals surface area (Å²) in [5.74, 6) is 0.135. The Kier molecular flexibility index (Phi) is 6.42. The van der Waals surface area contributed by atoms with E-state index >= 15 is 0 Å². The second-order valence-electron chi connectivity index (χ2n) is 8.75. The van der Waals surface area contributed by atoms with Crippen LogP contribution in [0.15, 0.2) is 30.3 Å². The van der Waals surface area contributed by atoms with Crippen LogP contribution in [0.2, 0.25) is 0 Å². The molecule has 0 unspecified atom stereocenters. The molecule has 0 N–H and O–H groups in total. The Bertz CT molecular complexity index is 868. The number of likely N-dealkylation sites (tertiary alicyclic amines) is 1. The van der Waals surface area contributed by atoms with Gasteiger partial charge in [0.2, 0.25) is 0 Å². The number of piperazine rings is 1. The first kappa shape index (κ1) is 20.9. The number of aryl methyl sites for hydroxylation is 3. The fraction of sp³-hybridized carbons (Fsp3) is 0.583. The third-order valence-electron chi connectivity index (χ3n) is 6.63. The normalized spacial score (nSPS) is 20.6. The maximum atomic E-state index is 13.2. The average molecular weight is 410 g/mol. The fourth-order valence-corrected chi connectivity index (χ4v) is 4.95. The molecule has 0 radical (unpaired) electrons. The number of carbonyl (C=O) groups excluding carboxylic acids is 1. The first-order chi connectivity index (χ1) is 14.6. The largest absolute Gasteiger partial charge is 0.369 e. The highest BCUT2D eigenvalue weighted by Crippen LogP contribution is 2.24. The zero-order chi connectivity index (χ0) is 21.1. The van der Waals surface area contributed by atoms with E-state index < -0.39 is 0 Å². The lowest BCUT2D eigenvalue weighted by Crippen LogP contribution is -2.56. The number of aromatic nitrogens is 2. The molecule has 2 fully saturated rings. The van der Waals surface area contributed by atoms with Gasteiger partial charge in [-0.1, -0.05) is 31.5 Å². The summed E-state index contributed by atoms with van der Waals surface area (Å²) in [6.07, 6.45) is 4.23. The molecule has 162 valence electrons. The third kappa shape index (κ3) is 4.38. The Hall–Kier alpha value is -2.34. The molecule has 4 rings (SSSR count). The molecule has 3 heterocycles. The number of amides is 1. The molecule has 30 heavy (non-hydrogen) atoms. The van der Waals surface area contributed by atoms with Crippen molar-refractivity contribution in [2.24, 2.45) is 7.05 Å². The van der Waals surface area contributed by atoms with Gasteiger partial charge in [-0.25, -0.2) is 0 Å². The molecule has 2 saturated heterocycles. The molecule has 1 aromatic heterocycles. The monoisotopic (exact) mass is 409 g/mol. The number of hydrogen-bond donors (Lipinski definition) is 0. The number of benzene rings is 1.